The normalized spacial score (nSPS) is 17.1. The Kier molecular flexibility index (Phi) is 5.81. The number of benzene rings is 1. The number of ether oxygens (including phenoxy) is 1. The summed E-state index contributed by atoms with van der Waals surface area (Å²) in [6, 6.07) is 6.27. The number of rotatable bonds is 7. The summed E-state index contributed by atoms with van der Waals surface area (Å²) in [4.78, 5) is 16.2. The number of halogens is 1. The maximum atomic E-state index is 12.8. The van der Waals surface area contributed by atoms with Crippen molar-refractivity contribution in [1.82, 2.24) is 20.5 Å². The zero-order valence-corrected chi connectivity index (χ0v) is 13.9. The van der Waals surface area contributed by atoms with Crippen molar-refractivity contribution < 1.29 is 13.9 Å². The Bertz CT molecular complexity index is 671. The molecule has 0 spiro atoms. The highest BCUT2D eigenvalue weighted by Gasteiger charge is 2.21. The van der Waals surface area contributed by atoms with Gasteiger partial charge in [-0.1, -0.05) is 23.9 Å². The van der Waals surface area contributed by atoms with Crippen LogP contribution in [0.15, 0.2) is 29.4 Å². The number of carbonyl (C=O) groups is 1. The fourth-order valence-electron chi connectivity index (χ4n) is 2.44. The minimum atomic E-state index is -0.256. The van der Waals surface area contributed by atoms with E-state index in [4.69, 9.17) is 4.74 Å². The number of amides is 1. The second-order valence-electron chi connectivity index (χ2n) is 5.52. The Labute approximate surface area is 143 Å². The molecule has 8 heteroatoms. The van der Waals surface area contributed by atoms with Crippen molar-refractivity contribution in [2.45, 2.75) is 30.5 Å². The van der Waals surface area contributed by atoms with Crippen molar-refractivity contribution >= 4 is 17.7 Å². The van der Waals surface area contributed by atoms with E-state index in [0.29, 0.717) is 18.1 Å². The van der Waals surface area contributed by atoms with E-state index < -0.39 is 0 Å². The first kappa shape index (κ1) is 16.9. The summed E-state index contributed by atoms with van der Waals surface area (Å²) in [5, 5.41) is 10.4. The van der Waals surface area contributed by atoms with Gasteiger partial charge in [0.2, 0.25) is 11.1 Å². The standard InChI is InChI=1S/C16H19FN4O2S/c17-12-5-3-11(4-6-12)7-8-18-14(22)10-24-16-19-15(20-21-16)13-2-1-9-23-13/h3-6,13H,1-2,7-10H2,(H,18,22)(H,19,20,21)/t13-/m0/s1. The van der Waals surface area contributed by atoms with Crippen LogP contribution in [0.1, 0.15) is 30.3 Å². The predicted octanol–water partition coefficient (Wildman–Crippen LogP) is 2.25. The molecule has 6 nitrogen and oxygen atoms in total. The molecular weight excluding hydrogens is 331 g/mol. The number of nitrogens with zero attached hydrogens (tertiary/aromatic N) is 2. The number of hydrogen-bond donors (Lipinski definition) is 2. The average molecular weight is 350 g/mol. The molecule has 1 fully saturated rings. The van der Waals surface area contributed by atoms with Crippen molar-refractivity contribution in [2.75, 3.05) is 18.9 Å². The second-order valence-corrected chi connectivity index (χ2v) is 6.46. The molecule has 1 aromatic carbocycles. The number of H-pyrrole nitrogens is 1. The monoisotopic (exact) mass is 350 g/mol. The van der Waals surface area contributed by atoms with Gasteiger partial charge in [0.05, 0.1) is 5.75 Å². The van der Waals surface area contributed by atoms with Crippen molar-refractivity contribution in [3.63, 3.8) is 0 Å². The van der Waals surface area contributed by atoms with E-state index in [1.165, 1.54) is 23.9 Å². The summed E-state index contributed by atoms with van der Waals surface area (Å²) in [5.41, 5.74) is 0.986. The van der Waals surface area contributed by atoms with E-state index in [9.17, 15) is 9.18 Å². The van der Waals surface area contributed by atoms with Crippen LogP contribution in [-0.4, -0.2) is 40.0 Å². The Morgan fingerprint density at radius 1 is 1.42 bits per heavy atom. The lowest BCUT2D eigenvalue weighted by atomic mass is 10.1. The molecular formula is C16H19FN4O2S. The van der Waals surface area contributed by atoms with Crippen LogP contribution in [0.5, 0.6) is 0 Å². The molecule has 1 aliphatic heterocycles. The Balaban J connectivity index is 1.37. The molecule has 2 aromatic rings. The van der Waals surface area contributed by atoms with E-state index in [-0.39, 0.29) is 23.6 Å². The van der Waals surface area contributed by atoms with E-state index >= 15 is 0 Å². The SMILES string of the molecule is O=C(CSc1n[nH]c([C@@H]2CCCO2)n1)NCCc1ccc(F)cc1. The van der Waals surface area contributed by atoms with Crippen LogP contribution in [0.2, 0.25) is 0 Å². The fraction of sp³-hybridized carbons (Fsp3) is 0.438. The Hall–Kier alpha value is -1.93. The number of hydrogen-bond acceptors (Lipinski definition) is 5. The maximum absolute atomic E-state index is 12.8. The molecule has 0 radical (unpaired) electrons. The zero-order chi connectivity index (χ0) is 16.8. The topological polar surface area (TPSA) is 79.9 Å². The molecule has 2 N–H and O–H groups in total. The highest BCUT2D eigenvalue weighted by molar-refractivity contribution is 7.99. The van der Waals surface area contributed by atoms with Crippen molar-refractivity contribution in [3.05, 3.63) is 41.5 Å². The smallest absolute Gasteiger partial charge is 0.230 e. The molecule has 1 aromatic heterocycles. The third-order valence-electron chi connectivity index (χ3n) is 3.70. The van der Waals surface area contributed by atoms with Gasteiger partial charge in [-0.3, -0.25) is 9.89 Å². The number of nitrogens with one attached hydrogen (secondary N) is 2. The molecule has 24 heavy (non-hydrogen) atoms. The molecule has 1 saturated heterocycles. The molecule has 2 heterocycles. The summed E-state index contributed by atoms with van der Waals surface area (Å²) < 4.78 is 18.3. The van der Waals surface area contributed by atoms with E-state index in [1.807, 2.05) is 0 Å². The number of carbonyl (C=O) groups excluding carboxylic acids is 1. The largest absolute Gasteiger partial charge is 0.370 e. The van der Waals surface area contributed by atoms with Crippen LogP contribution in [0.4, 0.5) is 4.39 Å². The highest BCUT2D eigenvalue weighted by Crippen LogP contribution is 2.26. The minimum absolute atomic E-state index is 0.00335. The van der Waals surface area contributed by atoms with Gasteiger partial charge in [-0.05, 0) is 37.0 Å². The van der Waals surface area contributed by atoms with Crippen molar-refractivity contribution in [3.8, 4) is 0 Å². The van der Waals surface area contributed by atoms with Crippen LogP contribution in [0.25, 0.3) is 0 Å². The van der Waals surface area contributed by atoms with Gasteiger partial charge in [0.1, 0.15) is 11.9 Å². The number of thioether (sulfide) groups is 1. The highest BCUT2D eigenvalue weighted by atomic mass is 32.2. The van der Waals surface area contributed by atoms with Crippen molar-refractivity contribution in [2.24, 2.45) is 0 Å². The summed E-state index contributed by atoms with van der Waals surface area (Å²) in [6.07, 6.45) is 2.64. The van der Waals surface area contributed by atoms with Gasteiger partial charge in [-0.2, -0.15) is 0 Å². The Morgan fingerprint density at radius 2 is 2.25 bits per heavy atom. The lowest BCUT2D eigenvalue weighted by molar-refractivity contribution is -0.118. The van der Waals surface area contributed by atoms with Gasteiger partial charge in [-0.15, -0.1) is 5.10 Å². The first-order chi connectivity index (χ1) is 11.7. The van der Waals surface area contributed by atoms with Gasteiger partial charge in [0.25, 0.3) is 0 Å². The van der Waals surface area contributed by atoms with Gasteiger partial charge >= 0.3 is 0 Å². The predicted molar refractivity (Wildman–Crippen MR) is 88.1 cm³/mol. The van der Waals surface area contributed by atoms with Crippen LogP contribution < -0.4 is 5.32 Å². The molecule has 3 rings (SSSR count). The molecule has 0 unspecified atom stereocenters. The van der Waals surface area contributed by atoms with E-state index in [1.54, 1.807) is 12.1 Å². The number of aromatic amines is 1. The van der Waals surface area contributed by atoms with Gasteiger partial charge in [0.15, 0.2) is 5.82 Å². The molecule has 1 amide bonds. The first-order valence-corrected chi connectivity index (χ1v) is 8.87. The minimum Gasteiger partial charge on any atom is -0.370 e. The summed E-state index contributed by atoms with van der Waals surface area (Å²) in [7, 11) is 0. The first-order valence-electron chi connectivity index (χ1n) is 7.88. The van der Waals surface area contributed by atoms with Gasteiger partial charge in [0, 0.05) is 13.2 Å². The van der Waals surface area contributed by atoms with Crippen LogP contribution in [0, 0.1) is 5.82 Å². The van der Waals surface area contributed by atoms with Crippen LogP contribution in [0.3, 0.4) is 0 Å². The Morgan fingerprint density at radius 3 is 3.00 bits per heavy atom. The molecule has 0 bridgehead atoms. The third kappa shape index (κ3) is 4.78. The maximum Gasteiger partial charge on any atom is 0.230 e. The van der Waals surface area contributed by atoms with E-state index in [2.05, 4.69) is 20.5 Å². The molecule has 0 saturated carbocycles. The van der Waals surface area contributed by atoms with E-state index in [0.717, 1.165) is 30.8 Å². The summed E-state index contributed by atoms with van der Waals surface area (Å²) >= 11 is 1.29. The second kappa shape index (κ2) is 8.25. The summed E-state index contributed by atoms with van der Waals surface area (Å²) in [5.74, 6) is 0.650. The zero-order valence-electron chi connectivity index (χ0n) is 13.1. The fourth-order valence-corrected chi connectivity index (χ4v) is 3.07. The van der Waals surface area contributed by atoms with Crippen LogP contribution >= 0.6 is 11.8 Å². The molecule has 1 atom stereocenters. The summed E-state index contributed by atoms with van der Waals surface area (Å²) in [6.45, 7) is 1.27. The molecule has 1 aliphatic rings. The van der Waals surface area contributed by atoms with Gasteiger partial charge in [-0.25, -0.2) is 9.37 Å². The quantitative estimate of drug-likeness (QED) is 0.749. The van der Waals surface area contributed by atoms with Gasteiger partial charge < -0.3 is 10.1 Å². The average Bonchev–Trinajstić information content (AvgIpc) is 3.26. The van der Waals surface area contributed by atoms with Crippen LogP contribution in [-0.2, 0) is 16.0 Å². The third-order valence-corrected chi connectivity index (χ3v) is 4.55. The lowest BCUT2D eigenvalue weighted by Gasteiger charge is -2.04. The number of aromatic nitrogens is 3. The van der Waals surface area contributed by atoms with Crippen molar-refractivity contribution in [1.29, 1.82) is 0 Å². The molecule has 128 valence electrons. The lowest BCUT2D eigenvalue weighted by Crippen LogP contribution is -2.27. The molecule has 0 aliphatic carbocycles.